The van der Waals surface area contributed by atoms with Crippen molar-refractivity contribution in [3.05, 3.63) is 18.0 Å². The highest BCUT2D eigenvalue weighted by Crippen LogP contribution is 1.98. The van der Waals surface area contributed by atoms with E-state index < -0.39 is 0 Å². The van der Waals surface area contributed by atoms with Gasteiger partial charge in [-0.15, -0.1) is 0 Å². The summed E-state index contributed by atoms with van der Waals surface area (Å²) in [6, 6.07) is 0.583. The van der Waals surface area contributed by atoms with Crippen molar-refractivity contribution in [1.82, 2.24) is 15.1 Å². The number of aromatic nitrogens is 2. The molecule has 0 aliphatic carbocycles. The van der Waals surface area contributed by atoms with E-state index in [-0.39, 0.29) is 0 Å². The SMILES string of the molecule is CCCNC(C)CCn1cc(C)cn1. The maximum absolute atomic E-state index is 4.26. The molecule has 1 aromatic heterocycles. The van der Waals surface area contributed by atoms with Gasteiger partial charge in [-0.3, -0.25) is 4.68 Å². The number of hydrogen-bond donors (Lipinski definition) is 1. The van der Waals surface area contributed by atoms with Gasteiger partial charge < -0.3 is 5.32 Å². The van der Waals surface area contributed by atoms with Crippen molar-refractivity contribution in [3.8, 4) is 0 Å². The summed E-state index contributed by atoms with van der Waals surface area (Å²) in [7, 11) is 0. The normalized spacial score (nSPS) is 13.1. The van der Waals surface area contributed by atoms with Gasteiger partial charge in [-0.1, -0.05) is 6.92 Å². The predicted molar refractivity (Wildman–Crippen MR) is 59.3 cm³/mol. The van der Waals surface area contributed by atoms with Crippen LogP contribution in [0.1, 0.15) is 32.3 Å². The quantitative estimate of drug-likeness (QED) is 0.752. The maximum atomic E-state index is 4.26. The molecular formula is C11H21N3. The van der Waals surface area contributed by atoms with Gasteiger partial charge in [0.25, 0.3) is 0 Å². The van der Waals surface area contributed by atoms with Crippen LogP contribution in [-0.2, 0) is 6.54 Å². The summed E-state index contributed by atoms with van der Waals surface area (Å²) in [5.41, 5.74) is 1.24. The highest BCUT2D eigenvalue weighted by molar-refractivity contribution is 4.99. The smallest absolute Gasteiger partial charge is 0.0518 e. The summed E-state index contributed by atoms with van der Waals surface area (Å²) in [5.74, 6) is 0. The van der Waals surface area contributed by atoms with Gasteiger partial charge in [-0.25, -0.2) is 0 Å². The van der Waals surface area contributed by atoms with Gasteiger partial charge in [0.05, 0.1) is 6.20 Å². The second-order valence-corrected chi connectivity index (χ2v) is 3.92. The van der Waals surface area contributed by atoms with Crippen LogP contribution in [0.2, 0.25) is 0 Å². The average Bonchev–Trinajstić information content (AvgIpc) is 2.58. The fourth-order valence-electron chi connectivity index (χ4n) is 1.41. The Hall–Kier alpha value is -0.830. The van der Waals surface area contributed by atoms with Gasteiger partial charge in [0.2, 0.25) is 0 Å². The molecular weight excluding hydrogens is 174 g/mol. The Morgan fingerprint density at radius 2 is 2.36 bits per heavy atom. The van der Waals surface area contributed by atoms with Gasteiger partial charge in [-0.2, -0.15) is 5.10 Å². The molecule has 0 bridgehead atoms. The lowest BCUT2D eigenvalue weighted by Crippen LogP contribution is -2.27. The van der Waals surface area contributed by atoms with E-state index in [9.17, 15) is 0 Å². The molecule has 3 nitrogen and oxygen atoms in total. The first-order valence-corrected chi connectivity index (χ1v) is 5.44. The molecule has 1 aromatic rings. The zero-order valence-corrected chi connectivity index (χ0v) is 9.45. The Morgan fingerprint density at radius 1 is 1.57 bits per heavy atom. The van der Waals surface area contributed by atoms with Crippen molar-refractivity contribution in [2.45, 2.75) is 46.2 Å². The number of rotatable bonds is 6. The minimum Gasteiger partial charge on any atom is -0.314 e. The molecule has 0 fully saturated rings. The number of nitrogens with one attached hydrogen (secondary N) is 1. The van der Waals surface area contributed by atoms with Gasteiger partial charge >= 0.3 is 0 Å². The van der Waals surface area contributed by atoms with E-state index in [2.05, 4.69) is 37.4 Å². The lowest BCUT2D eigenvalue weighted by Gasteiger charge is -2.12. The van der Waals surface area contributed by atoms with Crippen LogP contribution in [0.3, 0.4) is 0 Å². The zero-order chi connectivity index (χ0) is 10.4. The first-order chi connectivity index (χ1) is 6.72. The zero-order valence-electron chi connectivity index (χ0n) is 9.45. The van der Waals surface area contributed by atoms with Gasteiger partial charge in [0, 0.05) is 18.8 Å². The number of nitrogens with zero attached hydrogens (tertiary/aromatic N) is 2. The van der Waals surface area contributed by atoms with Crippen LogP contribution in [0, 0.1) is 6.92 Å². The van der Waals surface area contributed by atoms with Crippen molar-refractivity contribution in [2.24, 2.45) is 0 Å². The van der Waals surface area contributed by atoms with Crippen molar-refractivity contribution < 1.29 is 0 Å². The molecule has 1 N–H and O–H groups in total. The Kier molecular flexibility index (Phi) is 4.66. The van der Waals surface area contributed by atoms with Crippen molar-refractivity contribution >= 4 is 0 Å². The van der Waals surface area contributed by atoms with Crippen LogP contribution in [0.4, 0.5) is 0 Å². The van der Waals surface area contributed by atoms with Gasteiger partial charge in [0.1, 0.15) is 0 Å². The van der Waals surface area contributed by atoms with E-state index in [1.807, 2.05) is 10.9 Å². The molecule has 1 atom stereocenters. The first kappa shape index (κ1) is 11.2. The van der Waals surface area contributed by atoms with Crippen molar-refractivity contribution in [2.75, 3.05) is 6.54 Å². The predicted octanol–water partition coefficient (Wildman–Crippen LogP) is 1.97. The summed E-state index contributed by atoms with van der Waals surface area (Å²) in [6.07, 6.45) is 6.34. The molecule has 1 unspecified atom stereocenters. The fraction of sp³-hybridized carbons (Fsp3) is 0.727. The Labute approximate surface area is 86.5 Å². The number of aryl methyl sites for hydroxylation is 2. The molecule has 0 aliphatic rings. The highest BCUT2D eigenvalue weighted by Gasteiger charge is 2.01. The monoisotopic (exact) mass is 195 g/mol. The number of hydrogen-bond acceptors (Lipinski definition) is 2. The Balaban J connectivity index is 2.20. The maximum Gasteiger partial charge on any atom is 0.0518 e. The molecule has 0 spiro atoms. The van der Waals surface area contributed by atoms with E-state index in [1.165, 1.54) is 12.0 Å². The second-order valence-electron chi connectivity index (χ2n) is 3.92. The van der Waals surface area contributed by atoms with E-state index in [4.69, 9.17) is 0 Å². The third-order valence-corrected chi connectivity index (χ3v) is 2.30. The van der Waals surface area contributed by atoms with E-state index >= 15 is 0 Å². The molecule has 0 aliphatic heterocycles. The largest absolute Gasteiger partial charge is 0.314 e. The highest BCUT2D eigenvalue weighted by atomic mass is 15.3. The molecule has 14 heavy (non-hydrogen) atoms. The third kappa shape index (κ3) is 3.92. The molecule has 0 amide bonds. The fourth-order valence-corrected chi connectivity index (χ4v) is 1.41. The molecule has 1 rings (SSSR count). The van der Waals surface area contributed by atoms with Crippen molar-refractivity contribution in [1.29, 1.82) is 0 Å². The minimum absolute atomic E-state index is 0.583. The third-order valence-electron chi connectivity index (χ3n) is 2.30. The molecule has 0 aromatic carbocycles. The summed E-state index contributed by atoms with van der Waals surface area (Å²) in [6.45, 7) is 8.61. The first-order valence-electron chi connectivity index (χ1n) is 5.44. The van der Waals surface area contributed by atoms with Gasteiger partial charge in [-0.05, 0) is 38.8 Å². The topological polar surface area (TPSA) is 29.9 Å². The lowest BCUT2D eigenvalue weighted by atomic mass is 10.2. The van der Waals surface area contributed by atoms with Crippen LogP contribution >= 0.6 is 0 Å². The van der Waals surface area contributed by atoms with Gasteiger partial charge in [0.15, 0.2) is 0 Å². The molecule has 0 saturated heterocycles. The summed E-state index contributed by atoms with van der Waals surface area (Å²) >= 11 is 0. The second kappa shape index (κ2) is 5.81. The molecule has 80 valence electrons. The molecule has 1 heterocycles. The van der Waals surface area contributed by atoms with E-state index in [0.29, 0.717) is 6.04 Å². The molecule has 3 heteroatoms. The van der Waals surface area contributed by atoms with Crippen LogP contribution < -0.4 is 5.32 Å². The summed E-state index contributed by atoms with van der Waals surface area (Å²) in [4.78, 5) is 0. The molecule has 0 saturated carbocycles. The minimum atomic E-state index is 0.583. The summed E-state index contributed by atoms with van der Waals surface area (Å²) in [5, 5.41) is 7.73. The lowest BCUT2D eigenvalue weighted by molar-refractivity contribution is 0.459. The Bertz CT molecular complexity index is 255. The van der Waals surface area contributed by atoms with E-state index in [0.717, 1.165) is 19.5 Å². The average molecular weight is 195 g/mol. The standard InChI is InChI=1S/C11H21N3/c1-4-6-12-11(3)5-7-14-9-10(2)8-13-14/h8-9,11-12H,4-7H2,1-3H3. The van der Waals surface area contributed by atoms with E-state index in [1.54, 1.807) is 0 Å². The molecule has 0 radical (unpaired) electrons. The van der Waals surface area contributed by atoms with Crippen LogP contribution in [0.15, 0.2) is 12.4 Å². The Morgan fingerprint density at radius 3 is 2.93 bits per heavy atom. The van der Waals surface area contributed by atoms with Crippen molar-refractivity contribution in [3.63, 3.8) is 0 Å². The van der Waals surface area contributed by atoms with Crippen LogP contribution in [-0.4, -0.2) is 22.4 Å². The van der Waals surface area contributed by atoms with Crippen LogP contribution in [0.5, 0.6) is 0 Å². The van der Waals surface area contributed by atoms with Crippen LogP contribution in [0.25, 0.3) is 0 Å². The summed E-state index contributed by atoms with van der Waals surface area (Å²) < 4.78 is 2.01.